The second-order valence-electron chi connectivity index (χ2n) is 5.22. The lowest BCUT2D eigenvalue weighted by Crippen LogP contribution is -1.90. The molecular formula is C17H28O2. The minimum absolute atomic E-state index is 0.392. The van der Waals surface area contributed by atoms with Gasteiger partial charge in [-0.05, 0) is 36.6 Å². The molecule has 0 aliphatic heterocycles. The summed E-state index contributed by atoms with van der Waals surface area (Å²) in [5.74, 6) is 1.22. The standard InChI is InChI=1S/C17H28O2/c1-3-4-5-6-7-8-9-10-11-15-14-16(19-2)12-13-17(15)18/h12-14,18H,3-11H2,1-2H3. The molecule has 0 spiro atoms. The quantitative estimate of drug-likeness (QED) is 0.597. The van der Waals surface area contributed by atoms with Crippen molar-refractivity contribution in [3.63, 3.8) is 0 Å². The van der Waals surface area contributed by atoms with E-state index in [0.717, 1.165) is 24.2 Å². The second-order valence-corrected chi connectivity index (χ2v) is 5.22. The zero-order chi connectivity index (χ0) is 13.9. The van der Waals surface area contributed by atoms with Gasteiger partial charge in [0, 0.05) is 0 Å². The third-order valence-electron chi connectivity index (χ3n) is 3.59. The van der Waals surface area contributed by atoms with Gasteiger partial charge in [0.05, 0.1) is 7.11 Å². The van der Waals surface area contributed by atoms with E-state index in [-0.39, 0.29) is 0 Å². The van der Waals surface area contributed by atoms with Crippen LogP contribution in [0.3, 0.4) is 0 Å². The van der Waals surface area contributed by atoms with Gasteiger partial charge in [-0.25, -0.2) is 0 Å². The van der Waals surface area contributed by atoms with Crippen LogP contribution < -0.4 is 4.74 Å². The number of hydrogen-bond donors (Lipinski definition) is 1. The number of methoxy groups -OCH3 is 1. The first kappa shape index (κ1) is 15.9. The largest absolute Gasteiger partial charge is 0.508 e. The Morgan fingerprint density at radius 2 is 1.58 bits per heavy atom. The molecule has 0 unspecified atom stereocenters. The minimum Gasteiger partial charge on any atom is -0.508 e. The molecule has 0 saturated carbocycles. The molecule has 0 heterocycles. The lowest BCUT2D eigenvalue weighted by atomic mass is 10.0. The van der Waals surface area contributed by atoms with Crippen LogP contribution in [-0.4, -0.2) is 12.2 Å². The molecule has 0 fully saturated rings. The number of rotatable bonds is 10. The van der Waals surface area contributed by atoms with Crippen molar-refractivity contribution in [2.24, 2.45) is 0 Å². The number of phenolic OH excluding ortho intramolecular Hbond substituents is 1. The molecule has 0 saturated heterocycles. The fourth-order valence-electron chi connectivity index (χ4n) is 2.34. The number of hydrogen-bond acceptors (Lipinski definition) is 2. The average Bonchev–Trinajstić information content (AvgIpc) is 2.43. The van der Waals surface area contributed by atoms with Gasteiger partial charge in [0.15, 0.2) is 0 Å². The molecule has 0 aliphatic carbocycles. The van der Waals surface area contributed by atoms with Crippen LogP contribution in [-0.2, 0) is 6.42 Å². The summed E-state index contributed by atoms with van der Waals surface area (Å²) in [6.07, 6.45) is 11.5. The van der Waals surface area contributed by atoms with Gasteiger partial charge in [0.1, 0.15) is 11.5 Å². The van der Waals surface area contributed by atoms with Crippen LogP contribution in [0.2, 0.25) is 0 Å². The van der Waals surface area contributed by atoms with E-state index < -0.39 is 0 Å². The van der Waals surface area contributed by atoms with Crippen LogP contribution in [0.1, 0.15) is 63.9 Å². The molecule has 0 amide bonds. The lowest BCUT2D eigenvalue weighted by molar-refractivity contribution is 0.410. The highest BCUT2D eigenvalue weighted by Gasteiger charge is 2.03. The van der Waals surface area contributed by atoms with Gasteiger partial charge in [0.25, 0.3) is 0 Å². The second kappa shape index (κ2) is 9.71. The van der Waals surface area contributed by atoms with Crippen molar-refractivity contribution in [3.8, 4) is 11.5 Å². The van der Waals surface area contributed by atoms with E-state index in [0.29, 0.717) is 5.75 Å². The van der Waals surface area contributed by atoms with Crippen LogP contribution in [0, 0.1) is 0 Å². The molecule has 0 atom stereocenters. The van der Waals surface area contributed by atoms with Crippen molar-refractivity contribution < 1.29 is 9.84 Å². The monoisotopic (exact) mass is 264 g/mol. The lowest BCUT2D eigenvalue weighted by Gasteiger charge is -2.07. The van der Waals surface area contributed by atoms with Gasteiger partial charge in [0.2, 0.25) is 0 Å². The van der Waals surface area contributed by atoms with Crippen LogP contribution in [0.25, 0.3) is 0 Å². The van der Waals surface area contributed by atoms with E-state index in [1.807, 2.05) is 6.07 Å². The van der Waals surface area contributed by atoms with E-state index in [9.17, 15) is 5.11 Å². The molecule has 0 aliphatic rings. The number of ether oxygens (including phenoxy) is 1. The Morgan fingerprint density at radius 3 is 2.21 bits per heavy atom. The molecule has 1 aromatic rings. The van der Waals surface area contributed by atoms with Gasteiger partial charge < -0.3 is 9.84 Å². The van der Waals surface area contributed by atoms with Crippen LogP contribution in [0.15, 0.2) is 18.2 Å². The first-order chi connectivity index (χ1) is 9.27. The molecule has 19 heavy (non-hydrogen) atoms. The fraction of sp³-hybridized carbons (Fsp3) is 0.647. The summed E-state index contributed by atoms with van der Waals surface area (Å²) in [5.41, 5.74) is 1.00. The zero-order valence-electron chi connectivity index (χ0n) is 12.5. The van der Waals surface area contributed by atoms with Gasteiger partial charge in [-0.2, -0.15) is 0 Å². The molecule has 1 N–H and O–H groups in total. The number of aryl methyl sites for hydroxylation is 1. The van der Waals surface area contributed by atoms with Gasteiger partial charge >= 0.3 is 0 Å². The molecule has 1 rings (SSSR count). The summed E-state index contributed by atoms with van der Waals surface area (Å²) in [6, 6.07) is 5.46. The third kappa shape index (κ3) is 6.51. The number of benzene rings is 1. The summed E-state index contributed by atoms with van der Waals surface area (Å²) in [6.45, 7) is 2.25. The maximum atomic E-state index is 9.77. The summed E-state index contributed by atoms with van der Waals surface area (Å²) >= 11 is 0. The van der Waals surface area contributed by atoms with Crippen molar-refractivity contribution >= 4 is 0 Å². The Bertz CT molecular complexity index is 347. The maximum absolute atomic E-state index is 9.77. The predicted octanol–water partition coefficient (Wildman–Crippen LogP) is 5.08. The highest BCUT2D eigenvalue weighted by Crippen LogP contribution is 2.24. The van der Waals surface area contributed by atoms with Crippen molar-refractivity contribution in [1.82, 2.24) is 0 Å². The Morgan fingerprint density at radius 1 is 0.947 bits per heavy atom. The SMILES string of the molecule is CCCCCCCCCCc1cc(OC)ccc1O. The Hall–Kier alpha value is -1.18. The smallest absolute Gasteiger partial charge is 0.119 e. The highest BCUT2D eigenvalue weighted by molar-refractivity contribution is 5.39. The van der Waals surface area contributed by atoms with Crippen molar-refractivity contribution in [3.05, 3.63) is 23.8 Å². The molecular weight excluding hydrogens is 236 g/mol. The van der Waals surface area contributed by atoms with Crippen LogP contribution in [0.4, 0.5) is 0 Å². The Balaban J connectivity index is 2.15. The molecule has 1 aromatic carbocycles. The van der Waals surface area contributed by atoms with Gasteiger partial charge in [-0.3, -0.25) is 0 Å². The molecule has 0 aromatic heterocycles. The van der Waals surface area contributed by atoms with E-state index in [1.54, 1.807) is 19.2 Å². The summed E-state index contributed by atoms with van der Waals surface area (Å²) in [4.78, 5) is 0. The first-order valence-electron chi connectivity index (χ1n) is 7.63. The normalized spacial score (nSPS) is 10.6. The molecule has 108 valence electrons. The Labute approximate surface area is 117 Å². The van der Waals surface area contributed by atoms with Crippen LogP contribution in [0.5, 0.6) is 11.5 Å². The first-order valence-corrected chi connectivity index (χ1v) is 7.63. The predicted molar refractivity (Wildman–Crippen MR) is 81.0 cm³/mol. The average molecular weight is 264 g/mol. The van der Waals surface area contributed by atoms with E-state index in [2.05, 4.69) is 6.92 Å². The van der Waals surface area contributed by atoms with E-state index in [1.165, 1.54) is 44.9 Å². The maximum Gasteiger partial charge on any atom is 0.119 e. The van der Waals surface area contributed by atoms with Crippen molar-refractivity contribution in [1.29, 1.82) is 0 Å². The number of phenols is 1. The van der Waals surface area contributed by atoms with Crippen molar-refractivity contribution in [2.75, 3.05) is 7.11 Å². The summed E-state index contributed by atoms with van der Waals surface area (Å²) in [7, 11) is 1.66. The molecule has 2 heteroatoms. The molecule has 2 nitrogen and oxygen atoms in total. The third-order valence-corrected chi connectivity index (χ3v) is 3.59. The zero-order valence-corrected chi connectivity index (χ0v) is 12.5. The summed E-state index contributed by atoms with van der Waals surface area (Å²) in [5, 5.41) is 9.77. The van der Waals surface area contributed by atoms with E-state index >= 15 is 0 Å². The highest BCUT2D eigenvalue weighted by atomic mass is 16.5. The molecule has 0 radical (unpaired) electrons. The van der Waals surface area contributed by atoms with Gasteiger partial charge in [-0.15, -0.1) is 0 Å². The van der Waals surface area contributed by atoms with Crippen molar-refractivity contribution in [2.45, 2.75) is 64.7 Å². The van der Waals surface area contributed by atoms with E-state index in [4.69, 9.17) is 4.74 Å². The Kier molecular flexibility index (Phi) is 8.11. The van der Waals surface area contributed by atoms with Crippen LogP contribution >= 0.6 is 0 Å². The minimum atomic E-state index is 0.392. The number of unbranched alkanes of at least 4 members (excludes halogenated alkanes) is 7. The fourth-order valence-corrected chi connectivity index (χ4v) is 2.34. The molecule has 0 bridgehead atoms. The van der Waals surface area contributed by atoms with Gasteiger partial charge in [-0.1, -0.05) is 51.9 Å². The number of aromatic hydroxyl groups is 1. The summed E-state index contributed by atoms with van der Waals surface area (Å²) < 4.78 is 5.18. The topological polar surface area (TPSA) is 29.5 Å².